The normalized spacial score (nSPS) is 17.4. The van der Waals surface area contributed by atoms with Crippen molar-refractivity contribution >= 4 is 0 Å². The molecule has 18 heavy (non-hydrogen) atoms. The molecule has 1 aliphatic carbocycles. The molecule has 0 bridgehead atoms. The largest absolute Gasteiger partial charge is 0.380 e. The van der Waals surface area contributed by atoms with Crippen molar-refractivity contribution in [2.45, 2.75) is 31.3 Å². The van der Waals surface area contributed by atoms with E-state index in [1.807, 2.05) is 29.9 Å². The van der Waals surface area contributed by atoms with Crippen LogP contribution in [0.5, 0.6) is 0 Å². The number of hydrogen-bond acceptors (Lipinski definition) is 2. The molecule has 2 aromatic rings. The number of nitrogens with zero attached hydrogens (tertiary/aromatic N) is 2. The van der Waals surface area contributed by atoms with Gasteiger partial charge >= 0.3 is 0 Å². The van der Waals surface area contributed by atoms with Gasteiger partial charge in [0.05, 0.1) is 0 Å². The minimum absolute atomic E-state index is 0.621. The highest BCUT2D eigenvalue weighted by molar-refractivity contribution is 5.36. The molecular formula is C15H18N2O. The molecule has 0 amide bonds. The summed E-state index contributed by atoms with van der Waals surface area (Å²) in [4.78, 5) is 4.25. The van der Waals surface area contributed by atoms with Gasteiger partial charge in [-0.3, -0.25) is 0 Å². The molecule has 1 unspecified atom stereocenters. The second kappa shape index (κ2) is 4.58. The van der Waals surface area contributed by atoms with Gasteiger partial charge in [-0.25, -0.2) is 4.98 Å². The van der Waals surface area contributed by atoms with Crippen LogP contribution in [0.1, 0.15) is 48.2 Å². The van der Waals surface area contributed by atoms with Crippen molar-refractivity contribution in [3.8, 4) is 0 Å². The maximum absolute atomic E-state index is 10.5. The zero-order valence-electron chi connectivity index (χ0n) is 10.6. The van der Waals surface area contributed by atoms with Crippen LogP contribution in [-0.2, 0) is 7.05 Å². The fourth-order valence-corrected chi connectivity index (χ4v) is 2.63. The van der Waals surface area contributed by atoms with Gasteiger partial charge in [0.1, 0.15) is 11.9 Å². The number of imidazole rings is 1. The summed E-state index contributed by atoms with van der Waals surface area (Å²) in [7, 11) is 1.91. The standard InChI is InChI=1S/C15H18N2O/c1-17-10-9-16-15(17)14(18)13-8-3-2-7-12(13)11-5-4-6-11/h2-3,7-11,14,18H,4-6H2,1H3. The molecule has 3 rings (SSSR count). The van der Waals surface area contributed by atoms with Crippen molar-refractivity contribution in [1.82, 2.24) is 9.55 Å². The molecule has 1 heterocycles. The molecule has 1 aliphatic rings. The van der Waals surface area contributed by atoms with E-state index in [-0.39, 0.29) is 0 Å². The Morgan fingerprint density at radius 1 is 1.33 bits per heavy atom. The summed E-state index contributed by atoms with van der Waals surface area (Å²) in [5.41, 5.74) is 2.30. The molecule has 0 radical (unpaired) electrons. The first-order valence-electron chi connectivity index (χ1n) is 6.51. The van der Waals surface area contributed by atoms with Crippen LogP contribution in [0.25, 0.3) is 0 Å². The Kier molecular flexibility index (Phi) is 2.92. The molecule has 0 saturated heterocycles. The van der Waals surface area contributed by atoms with Crippen molar-refractivity contribution in [2.24, 2.45) is 7.05 Å². The lowest BCUT2D eigenvalue weighted by Gasteiger charge is -2.29. The Morgan fingerprint density at radius 3 is 2.72 bits per heavy atom. The van der Waals surface area contributed by atoms with Crippen LogP contribution < -0.4 is 0 Å². The van der Waals surface area contributed by atoms with Crippen LogP contribution in [0.3, 0.4) is 0 Å². The highest BCUT2D eigenvalue weighted by atomic mass is 16.3. The molecule has 1 aromatic carbocycles. The Morgan fingerprint density at radius 2 is 2.11 bits per heavy atom. The number of aliphatic hydroxyl groups is 1. The van der Waals surface area contributed by atoms with Gasteiger partial charge in [0, 0.05) is 19.4 Å². The third-order valence-electron chi connectivity index (χ3n) is 3.94. The van der Waals surface area contributed by atoms with E-state index in [0.29, 0.717) is 11.7 Å². The Balaban J connectivity index is 1.98. The molecule has 1 fully saturated rings. The molecule has 3 heteroatoms. The number of hydrogen-bond donors (Lipinski definition) is 1. The predicted octanol–water partition coefficient (Wildman–Crippen LogP) is 2.77. The number of aryl methyl sites for hydroxylation is 1. The van der Waals surface area contributed by atoms with Crippen molar-refractivity contribution in [2.75, 3.05) is 0 Å². The van der Waals surface area contributed by atoms with Gasteiger partial charge < -0.3 is 9.67 Å². The van der Waals surface area contributed by atoms with E-state index in [0.717, 1.165) is 5.56 Å². The first kappa shape index (κ1) is 11.5. The lowest BCUT2D eigenvalue weighted by Crippen LogP contribution is -2.15. The van der Waals surface area contributed by atoms with Gasteiger partial charge in [0.25, 0.3) is 0 Å². The molecule has 1 aromatic heterocycles. The second-order valence-electron chi connectivity index (χ2n) is 5.06. The Labute approximate surface area is 107 Å². The van der Waals surface area contributed by atoms with Gasteiger partial charge in [0.15, 0.2) is 0 Å². The fraction of sp³-hybridized carbons (Fsp3) is 0.400. The first-order valence-corrected chi connectivity index (χ1v) is 6.51. The highest BCUT2D eigenvalue weighted by Gasteiger charge is 2.25. The van der Waals surface area contributed by atoms with Gasteiger partial charge in [-0.05, 0) is 29.9 Å². The molecule has 3 nitrogen and oxygen atoms in total. The number of aromatic nitrogens is 2. The lowest BCUT2D eigenvalue weighted by atomic mass is 9.77. The van der Waals surface area contributed by atoms with Crippen LogP contribution >= 0.6 is 0 Å². The highest BCUT2D eigenvalue weighted by Crippen LogP contribution is 2.40. The summed E-state index contributed by atoms with van der Waals surface area (Å²) >= 11 is 0. The van der Waals surface area contributed by atoms with Crippen LogP contribution in [0.4, 0.5) is 0 Å². The van der Waals surface area contributed by atoms with Gasteiger partial charge in [0.2, 0.25) is 0 Å². The third kappa shape index (κ3) is 1.85. The zero-order chi connectivity index (χ0) is 12.5. The van der Waals surface area contributed by atoms with E-state index in [9.17, 15) is 5.11 Å². The van der Waals surface area contributed by atoms with E-state index in [4.69, 9.17) is 0 Å². The number of rotatable bonds is 3. The van der Waals surface area contributed by atoms with Crippen LogP contribution in [0.15, 0.2) is 36.7 Å². The van der Waals surface area contributed by atoms with Crippen LogP contribution in [0.2, 0.25) is 0 Å². The quantitative estimate of drug-likeness (QED) is 0.898. The maximum Gasteiger partial charge on any atom is 0.142 e. The van der Waals surface area contributed by atoms with Crippen molar-refractivity contribution in [1.29, 1.82) is 0 Å². The summed E-state index contributed by atoms with van der Waals surface area (Å²) < 4.78 is 1.88. The smallest absolute Gasteiger partial charge is 0.142 e. The van der Waals surface area contributed by atoms with E-state index in [1.54, 1.807) is 6.20 Å². The minimum Gasteiger partial charge on any atom is -0.380 e. The molecule has 94 valence electrons. The van der Waals surface area contributed by atoms with E-state index in [1.165, 1.54) is 24.8 Å². The average molecular weight is 242 g/mol. The summed E-state index contributed by atoms with van der Waals surface area (Å²) in [6, 6.07) is 8.21. The average Bonchev–Trinajstić information content (AvgIpc) is 2.73. The summed E-state index contributed by atoms with van der Waals surface area (Å²) in [6.45, 7) is 0. The fourth-order valence-electron chi connectivity index (χ4n) is 2.63. The molecular weight excluding hydrogens is 224 g/mol. The number of benzene rings is 1. The van der Waals surface area contributed by atoms with E-state index in [2.05, 4.69) is 17.1 Å². The first-order chi connectivity index (χ1) is 8.77. The number of aliphatic hydroxyl groups excluding tert-OH is 1. The van der Waals surface area contributed by atoms with E-state index >= 15 is 0 Å². The van der Waals surface area contributed by atoms with Crippen molar-refractivity contribution in [3.63, 3.8) is 0 Å². The molecule has 0 spiro atoms. The second-order valence-corrected chi connectivity index (χ2v) is 5.06. The SMILES string of the molecule is Cn1ccnc1C(O)c1ccccc1C1CCC1. The van der Waals surface area contributed by atoms with Gasteiger partial charge in [-0.2, -0.15) is 0 Å². The predicted molar refractivity (Wildman–Crippen MR) is 70.3 cm³/mol. The summed E-state index contributed by atoms with van der Waals surface area (Å²) in [5, 5.41) is 10.5. The van der Waals surface area contributed by atoms with Crippen LogP contribution in [0, 0.1) is 0 Å². The molecule has 0 aliphatic heterocycles. The van der Waals surface area contributed by atoms with Gasteiger partial charge in [-0.1, -0.05) is 30.7 Å². The van der Waals surface area contributed by atoms with Gasteiger partial charge in [-0.15, -0.1) is 0 Å². The minimum atomic E-state index is -0.623. The molecule has 1 N–H and O–H groups in total. The Bertz CT molecular complexity index is 543. The van der Waals surface area contributed by atoms with Crippen molar-refractivity contribution < 1.29 is 5.11 Å². The maximum atomic E-state index is 10.5. The zero-order valence-corrected chi connectivity index (χ0v) is 10.6. The molecule has 1 atom stereocenters. The van der Waals surface area contributed by atoms with Crippen molar-refractivity contribution in [3.05, 3.63) is 53.6 Å². The van der Waals surface area contributed by atoms with Crippen LogP contribution in [-0.4, -0.2) is 14.7 Å². The summed E-state index contributed by atoms with van der Waals surface area (Å²) in [6.07, 6.45) is 6.75. The monoisotopic (exact) mass is 242 g/mol. The summed E-state index contributed by atoms with van der Waals surface area (Å²) in [5.74, 6) is 1.33. The van der Waals surface area contributed by atoms with E-state index < -0.39 is 6.10 Å². The Hall–Kier alpha value is -1.61. The lowest BCUT2D eigenvalue weighted by molar-refractivity contribution is 0.203. The molecule has 1 saturated carbocycles. The topological polar surface area (TPSA) is 38.0 Å². The third-order valence-corrected chi connectivity index (χ3v) is 3.94.